The summed E-state index contributed by atoms with van der Waals surface area (Å²) in [6.07, 6.45) is 9.29. The lowest BCUT2D eigenvalue weighted by molar-refractivity contribution is -0.120. The molecule has 0 unspecified atom stereocenters. The smallest absolute Gasteiger partial charge is 0.181 e. The van der Waals surface area contributed by atoms with Gasteiger partial charge in [0.15, 0.2) is 9.84 Å². The highest BCUT2D eigenvalue weighted by Crippen LogP contribution is 2.46. The molecule has 1 aromatic carbocycles. The normalized spacial score (nSPS) is 20.3. The molecule has 1 saturated heterocycles. The summed E-state index contributed by atoms with van der Waals surface area (Å²) in [5.74, 6) is 0.383. The van der Waals surface area contributed by atoms with E-state index in [2.05, 4.69) is 9.97 Å². The Hall–Kier alpha value is -2.16. The van der Waals surface area contributed by atoms with E-state index in [0.717, 1.165) is 56.1 Å². The highest BCUT2D eigenvalue weighted by atomic mass is 32.2. The first kappa shape index (κ1) is 25.5. The molecule has 2 aliphatic carbocycles. The summed E-state index contributed by atoms with van der Waals surface area (Å²) in [7, 11) is -3.30. The van der Waals surface area contributed by atoms with Crippen molar-refractivity contribution in [2.45, 2.75) is 92.8 Å². The zero-order chi connectivity index (χ0) is 25.5. The Labute approximate surface area is 213 Å². The van der Waals surface area contributed by atoms with Crippen LogP contribution in [0.2, 0.25) is 0 Å². The minimum atomic E-state index is -3.30. The van der Waals surface area contributed by atoms with Gasteiger partial charge in [0.1, 0.15) is 11.4 Å². The molecule has 2 saturated carbocycles. The Morgan fingerprint density at radius 2 is 1.81 bits per heavy atom. The van der Waals surface area contributed by atoms with Crippen LogP contribution in [0.15, 0.2) is 35.5 Å². The van der Waals surface area contributed by atoms with Crippen molar-refractivity contribution in [3.05, 3.63) is 53.1 Å². The third kappa shape index (κ3) is 5.71. The van der Waals surface area contributed by atoms with Crippen LogP contribution < -0.4 is 0 Å². The third-order valence-corrected chi connectivity index (χ3v) is 10.0. The highest BCUT2D eigenvalue weighted by Gasteiger charge is 2.41. The highest BCUT2D eigenvalue weighted by molar-refractivity contribution is 7.92. The second kappa shape index (κ2) is 9.95. The number of rotatable bonds is 10. The lowest BCUT2D eigenvalue weighted by atomic mass is 9.81. The Morgan fingerprint density at radius 3 is 2.39 bits per heavy atom. The van der Waals surface area contributed by atoms with Gasteiger partial charge in [0.25, 0.3) is 0 Å². The second-order valence-electron chi connectivity index (χ2n) is 11.3. The molecule has 3 aliphatic rings. The van der Waals surface area contributed by atoms with Crippen molar-refractivity contribution in [1.82, 2.24) is 9.97 Å². The van der Waals surface area contributed by atoms with Crippen molar-refractivity contribution in [2.75, 3.05) is 13.2 Å². The van der Waals surface area contributed by atoms with Crippen LogP contribution in [0, 0.1) is 5.92 Å². The summed E-state index contributed by atoms with van der Waals surface area (Å²) in [6, 6.07) is 5.64. The number of sulfone groups is 1. The van der Waals surface area contributed by atoms with Crippen molar-refractivity contribution in [3.8, 4) is 0 Å². The molecule has 1 N–H and O–H groups in total. The fourth-order valence-electron chi connectivity index (χ4n) is 5.15. The van der Waals surface area contributed by atoms with E-state index in [1.54, 1.807) is 26.1 Å². The summed E-state index contributed by atoms with van der Waals surface area (Å²) >= 11 is 0. The molecule has 2 heterocycles. The number of Topliss-reactive ketones (excluding diaryl/α,β-unsaturated/α-hetero) is 1. The van der Waals surface area contributed by atoms with Crippen molar-refractivity contribution in [3.63, 3.8) is 0 Å². The van der Waals surface area contributed by atoms with E-state index in [-0.39, 0.29) is 29.3 Å². The van der Waals surface area contributed by atoms with Crippen molar-refractivity contribution in [1.29, 1.82) is 0 Å². The summed E-state index contributed by atoms with van der Waals surface area (Å²) in [6.45, 7) is 4.72. The monoisotopic (exact) mass is 512 g/mol. The fourth-order valence-corrected chi connectivity index (χ4v) is 7.07. The molecule has 2 aromatic rings. The molecular weight excluding hydrogens is 476 g/mol. The molecule has 1 atom stereocenters. The van der Waals surface area contributed by atoms with Crippen LogP contribution in [-0.2, 0) is 31.4 Å². The molecule has 1 aromatic heterocycles. The molecule has 0 bridgehead atoms. The van der Waals surface area contributed by atoms with Crippen LogP contribution in [0.5, 0.6) is 0 Å². The molecule has 3 fully saturated rings. The Bertz CT molecular complexity index is 1210. The average molecular weight is 513 g/mol. The quantitative estimate of drug-likeness (QED) is 0.508. The number of nitrogens with zero attached hydrogens (tertiary/aromatic N) is 2. The van der Waals surface area contributed by atoms with Gasteiger partial charge in [-0.05, 0) is 87.8 Å². The Morgan fingerprint density at radius 1 is 1.08 bits per heavy atom. The number of carbonyl (C=O) groups is 1. The Balaban J connectivity index is 1.44. The molecule has 8 heteroatoms. The first-order valence-electron chi connectivity index (χ1n) is 13.1. The van der Waals surface area contributed by atoms with Gasteiger partial charge >= 0.3 is 0 Å². The number of hydrogen-bond donors (Lipinski definition) is 1. The van der Waals surface area contributed by atoms with Gasteiger partial charge in [-0.25, -0.2) is 8.42 Å². The summed E-state index contributed by atoms with van der Waals surface area (Å²) in [5.41, 5.74) is 1.74. The summed E-state index contributed by atoms with van der Waals surface area (Å²) < 4.78 is 31.7. The van der Waals surface area contributed by atoms with Gasteiger partial charge in [-0.15, -0.1) is 0 Å². The number of benzene rings is 1. The molecule has 5 rings (SSSR count). The van der Waals surface area contributed by atoms with E-state index < -0.39 is 15.4 Å². The Kier molecular flexibility index (Phi) is 7.05. The molecule has 194 valence electrons. The fraction of sp³-hybridized carbons (Fsp3) is 0.607. The van der Waals surface area contributed by atoms with Gasteiger partial charge < -0.3 is 9.84 Å². The molecule has 36 heavy (non-hydrogen) atoms. The van der Waals surface area contributed by atoms with Crippen molar-refractivity contribution < 1.29 is 23.1 Å². The molecule has 0 radical (unpaired) electrons. The van der Waals surface area contributed by atoms with E-state index in [4.69, 9.17) is 4.74 Å². The van der Waals surface area contributed by atoms with E-state index in [1.807, 2.05) is 12.1 Å². The average Bonchev–Trinajstić information content (AvgIpc) is 3.75. The number of aliphatic hydroxyl groups is 1. The standard InChI is InChI=1S/C28H36N2O5S/c1-28(2,32)27-17-29-21(16-30-27)15-25(31)23(13-18-9-11-35-12-10-18)20-5-8-26(24(14-20)19-3-4-19)36(33,34)22-6-7-22/h5,8,14,16-19,22-23,32H,3-4,6-7,9-13,15H2,1-2H3/t23-/m1/s1. The van der Waals surface area contributed by atoms with E-state index in [1.165, 1.54) is 6.20 Å². The van der Waals surface area contributed by atoms with Gasteiger partial charge in [-0.3, -0.25) is 14.8 Å². The lowest BCUT2D eigenvalue weighted by Crippen LogP contribution is -2.24. The lowest BCUT2D eigenvalue weighted by Gasteiger charge is -2.27. The first-order valence-corrected chi connectivity index (χ1v) is 14.7. The van der Waals surface area contributed by atoms with Gasteiger partial charge in [0, 0.05) is 25.3 Å². The van der Waals surface area contributed by atoms with E-state index in [0.29, 0.717) is 35.4 Å². The van der Waals surface area contributed by atoms with Crippen LogP contribution in [0.1, 0.15) is 93.1 Å². The molecule has 1 aliphatic heterocycles. The molecule has 0 amide bonds. The van der Waals surface area contributed by atoms with Crippen LogP contribution in [0.3, 0.4) is 0 Å². The SMILES string of the molecule is CC(C)(O)c1cnc(CC(=O)[C@H](CC2CCOCC2)c2ccc(S(=O)(=O)C3CC3)c(C3CC3)c2)cn1. The zero-order valence-electron chi connectivity index (χ0n) is 21.2. The maximum absolute atomic E-state index is 13.7. The van der Waals surface area contributed by atoms with Crippen molar-refractivity contribution in [2.24, 2.45) is 5.92 Å². The minimum Gasteiger partial charge on any atom is -0.384 e. The summed E-state index contributed by atoms with van der Waals surface area (Å²) in [4.78, 5) is 22.9. The number of carbonyl (C=O) groups excluding carboxylic acids is 1. The number of aromatic nitrogens is 2. The van der Waals surface area contributed by atoms with E-state index >= 15 is 0 Å². The van der Waals surface area contributed by atoms with Crippen LogP contribution in [0.25, 0.3) is 0 Å². The van der Waals surface area contributed by atoms with Gasteiger partial charge in [0.05, 0.1) is 34.2 Å². The maximum Gasteiger partial charge on any atom is 0.181 e. The van der Waals surface area contributed by atoms with Gasteiger partial charge in [-0.2, -0.15) is 0 Å². The summed E-state index contributed by atoms with van der Waals surface area (Å²) in [5, 5.41) is 9.91. The largest absolute Gasteiger partial charge is 0.384 e. The third-order valence-electron chi connectivity index (χ3n) is 7.71. The van der Waals surface area contributed by atoms with Crippen LogP contribution in [0.4, 0.5) is 0 Å². The topological polar surface area (TPSA) is 106 Å². The van der Waals surface area contributed by atoms with Gasteiger partial charge in [0.2, 0.25) is 0 Å². The number of ketones is 1. The maximum atomic E-state index is 13.7. The molecule has 0 spiro atoms. The predicted molar refractivity (Wildman–Crippen MR) is 136 cm³/mol. The molecule has 7 nitrogen and oxygen atoms in total. The zero-order valence-corrected chi connectivity index (χ0v) is 22.0. The van der Waals surface area contributed by atoms with Crippen LogP contribution in [-0.4, -0.2) is 47.7 Å². The molecular formula is C28H36N2O5S. The number of ether oxygens (including phenoxy) is 1. The van der Waals surface area contributed by atoms with Gasteiger partial charge in [-0.1, -0.05) is 12.1 Å². The van der Waals surface area contributed by atoms with Crippen LogP contribution >= 0.6 is 0 Å². The minimum absolute atomic E-state index is 0.0614. The van der Waals surface area contributed by atoms with E-state index in [9.17, 15) is 18.3 Å². The second-order valence-corrected chi connectivity index (χ2v) is 13.5. The number of hydrogen-bond acceptors (Lipinski definition) is 7. The first-order chi connectivity index (χ1) is 17.1. The predicted octanol–water partition coefficient (Wildman–Crippen LogP) is 4.23. The van der Waals surface area contributed by atoms with Crippen molar-refractivity contribution >= 4 is 15.6 Å².